The molecule has 62 valence electrons. The quantitative estimate of drug-likeness (QED) is 0.652. The van der Waals surface area contributed by atoms with E-state index in [2.05, 4.69) is 18.8 Å². The van der Waals surface area contributed by atoms with Crippen LogP contribution in [-0.4, -0.2) is 13.1 Å². The van der Waals surface area contributed by atoms with Gasteiger partial charge in [0.15, 0.2) is 0 Å². The summed E-state index contributed by atoms with van der Waals surface area (Å²) in [5, 5.41) is 3.38. The van der Waals surface area contributed by atoms with Gasteiger partial charge in [-0.15, -0.1) is 0 Å². The molecule has 1 N–H and O–H groups in total. The number of hydrogen-bond acceptors (Lipinski definition) is 1. The topological polar surface area (TPSA) is 12.0 Å². The zero-order valence-electron chi connectivity index (χ0n) is 7.32. The molecule has 0 saturated heterocycles. The summed E-state index contributed by atoms with van der Waals surface area (Å²) in [4.78, 5) is 0. The molecule has 0 radical (unpaired) electrons. The molecule has 0 aromatic heterocycles. The second kappa shape index (κ2) is 4.35. The summed E-state index contributed by atoms with van der Waals surface area (Å²) >= 11 is 0. The molecule has 0 spiro atoms. The zero-order chi connectivity index (χ0) is 8.10. The van der Waals surface area contributed by atoms with Crippen LogP contribution in [0.3, 0.4) is 0 Å². The molecule has 1 aliphatic heterocycles. The van der Waals surface area contributed by atoms with Crippen LogP contribution in [0.2, 0.25) is 0 Å². The molecule has 0 aromatic carbocycles. The third-order valence-corrected chi connectivity index (χ3v) is 2.16. The Labute approximate surface area is 69.2 Å². The minimum Gasteiger partial charge on any atom is -0.313 e. The van der Waals surface area contributed by atoms with Gasteiger partial charge >= 0.3 is 0 Å². The lowest BCUT2D eigenvalue weighted by atomic mass is 9.98. The summed E-state index contributed by atoms with van der Waals surface area (Å²) in [5.74, 6) is 0. The second-order valence-corrected chi connectivity index (χ2v) is 3.01. The van der Waals surface area contributed by atoms with Crippen LogP contribution >= 0.6 is 0 Å². The highest BCUT2D eigenvalue weighted by molar-refractivity contribution is 5.27. The fourth-order valence-corrected chi connectivity index (χ4v) is 1.55. The lowest BCUT2D eigenvalue weighted by Crippen LogP contribution is -2.24. The Kier molecular flexibility index (Phi) is 3.37. The van der Waals surface area contributed by atoms with Crippen LogP contribution in [0.5, 0.6) is 0 Å². The van der Waals surface area contributed by atoms with E-state index in [-0.39, 0.29) is 0 Å². The van der Waals surface area contributed by atoms with E-state index < -0.39 is 0 Å². The van der Waals surface area contributed by atoms with E-state index in [4.69, 9.17) is 0 Å². The molecule has 0 bridgehead atoms. The van der Waals surface area contributed by atoms with Crippen molar-refractivity contribution in [1.82, 2.24) is 5.32 Å². The Morgan fingerprint density at radius 2 is 2.45 bits per heavy atom. The van der Waals surface area contributed by atoms with Crippen LogP contribution in [-0.2, 0) is 0 Å². The van der Waals surface area contributed by atoms with Gasteiger partial charge in [0.25, 0.3) is 0 Å². The van der Waals surface area contributed by atoms with Crippen LogP contribution in [0.25, 0.3) is 0 Å². The van der Waals surface area contributed by atoms with Crippen LogP contribution in [0.15, 0.2) is 23.8 Å². The molecule has 0 unspecified atom stereocenters. The smallest absolute Gasteiger partial charge is 0.0170 e. The molecule has 0 saturated carbocycles. The van der Waals surface area contributed by atoms with Gasteiger partial charge in [0.05, 0.1) is 0 Å². The maximum absolute atomic E-state index is 3.83. The van der Waals surface area contributed by atoms with Crippen molar-refractivity contribution in [3.05, 3.63) is 23.8 Å². The number of hydrogen-bond donors (Lipinski definition) is 1. The second-order valence-electron chi connectivity index (χ2n) is 3.01. The van der Waals surface area contributed by atoms with Crippen molar-refractivity contribution < 1.29 is 0 Å². The van der Waals surface area contributed by atoms with Crippen LogP contribution in [0, 0.1) is 0 Å². The van der Waals surface area contributed by atoms with Crippen molar-refractivity contribution in [3.63, 3.8) is 0 Å². The highest BCUT2D eigenvalue weighted by atomic mass is 14.9. The van der Waals surface area contributed by atoms with Gasteiger partial charge in [0.1, 0.15) is 0 Å². The molecule has 0 aliphatic carbocycles. The molecule has 1 heteroatoms. The van der Waals surface area contributed by atoms with Gasteiger partial charge in [0, 0.05) is 6.54 Å². The Bertz CT molecular complexity index is 168. The molecule has 0 atom stereocenters. The summed E-state index contributed by atoms with van der Waals surface area (Å²) in [6, 6.07) is 0. The van der Waals surface area contributed by atoms with Gasteiger partial charge in [-0.3, -0.25) is 0 Å². The number of nitrogens with one attached hydrogen (secondary N) is 1. The highest BCUT2D eigenvalue weighted by Gasteiger charge is 2.07. The van der Waals surface area contributed by atoms with E-state index in [0.29, 0.717) is 0 Å². The summed E-state index contributed by atoms with van der Waals surface area (Å²) in [6.45, 7) is 8.25. The summed E-state index contributed by atoms with van der Waals surface area (Å²) in [7, 11) is 0. The fourth-order valence-electron chi connectivity index (χ4n) is 1.55. The lowest BCUT2D eigenvalue weighted by Gasteiger charge is -2.18. The Balaban J connectivity index is 2.64. The van der Waals surface area contributed by atoms with Crippen molar-refractivity contribution in [3.8, 4) is 0 Å². The van der Waals surface area contributed by atoms with E-state index in [0.717, 1.165) is 13.1 Å². The Morgan fingerprint density at radius 3 is 3.09 bits per heavy atom. The summed E-state index contributed by atoms with van der Waals surface area (Å²) < 4.78 is 0. The Morgan fingerprint density at radius 1 is 1.64 bits per heavy atom. The Hall–Kier alpha value is -0.560. The molecule has 1 nitrogen and oxygen atoms in total. The number of allylic oxidation sites excluding steroid dienone is 1. The van der Waals surface area contributed by atoms with Gasteiger partial charge in [-0.2, -0.15) is 0 Å². The minimum absolute atomic E-state index is 1.08. The van der Waals surface area contributed by atoms with Gasteiger partial charge in [-0.1, -0.05) is 31.6 Å². The molecular weight excluding hydrogens is 134 g/mol. The number of rotatable bonds is 3. The van der Waals surface area contributed by atoms with Crippen LogP contribution in [0.1, 0.15) is 26.2 Å². The van der Waals surface area contributed by atoms with Crippen molar-refractivity contribution in [1.29, 1.82) is 0 Å². The van der Waals surface area contributed by atoms with Gasteiger partial charge in [0.2, 0.25) is 0 Å². The molecule has 0 aromatic rings. The van der Waals surface area contributed by atoms with Crippen LogP contribution < -0.4 is 5.32 Å². The molecule has 11 heavy (non-hydrogen) atoms. The predicted octanol–water partition coefficient (Wildman–Crippen LogP) is 2.26. The average Bonchev–Trinajstić information content (AvgIpc) is 2.06. The third-order valence-electron chi connectivity index (χ3n) is 2.16. The monoisotopic (exact) mass is 151 g/mol. The molecular formula is C10H17N. The first-order valence-corrected chi connectivity index (χ1v) is 4.42. The highest BCUT2D eigenvalue weighted by Crippen LogP contribution is 2.17. The first-order chi connectivity index (χ1) is 5.38. The van der Waals surface area contributed by atoms with Crippen LogP contribution in [0.4, 0.5) is 0 Å². The summed E-state index contributed by atoms with van der Waals surface area (Å²) in [5.41, 5.74) is 3.04. The first kappa shape index (κ1) is 8.54. The largest absolute Gasteiger partial charge is 0.313 e. The predicted molar refractivity (Wildman–Crippen MR) is 49.6 cm³/mol. The van der Waals surface area contributed by atoms with Gasteiger partial charge in [-0.05, 0) is 25.0 Å². The average molecular weight is 151 g/mol. The van der Waals surface area contributed by atoms with Crippen molar-refractivity contribution in [2.45, 2.75) is 26.2 Å². The zero-order valence-corrected chi connectivity index (χ0v) is 7.32. The molecule has 1 aliphatic rings. The van der Waals surface area contributed by atoms with Crippen molar-refractivity contribution in [2.24, 2.45) is 0 Å². The maximum Gasteiger partial charge on any atom is 0.0170 e. The first-order valence-electron chi connectivity index (χ1n) is 4.42. The van der Waals surface area contributed by atoms with Crippen molar-refractivity contribution in [2.75, 3.05) is 13.1 Å². The van der Waals surface area contributed by atoms with E-state index in [1.807, 2.05) is 6.08 Å². The van der Waals surface area contributed by atoms with E-state index >= 15 is 0 Å². The molecule has 0 fully saturated rings. The van der Waals surface area contributed by atoms with E-state index in [1.54, 1.807) is 5.57 Å². The van der Waals surface area contributed by atoms with E-state index in [9.17, 15) is 0 Å². The lowest BCUT2D eigenvalue weighted by molar-refractivity contribution is 0.658. The SMILES string of the molecule is C=CC1=C(CCC)CNCC1. The van der Waals surface area contributed by atoms with E-state index in [1.165, 1.54) is 24.8 Å². The van der Waals surface area contributed by atoms with Gasteiger partial charge < -0.3 is 5.32 Å². The minimum atomic E-state index is 1.08. The fraction of sp³-hybridized carbons (Fsp3) is 0.600. The normalized spacial score (nSPS) is 18.6. The van der Waals surface area contributed by atoms with Crippen molar-refractivity contribution >= 4 is 0 Å². The maximum atomic E-state index is 3.83. The molecule has 1 heterocycles. The third kappa shape index (κ3) is 2.19. The molecule has 1 rings (SSSR count). The standard InChI is InChI=1S/C10H17N/c1-3-5-10-8-11-7-6-9(10)4-2/h4,11H,2-3,5-8H2,1H3. The molecule has 0 amide bonds. The summed E-state index contributed by atoms with van der Waals surface area (Å²) in [6.07, 6.45) is 5.66. The van der Waals surface area contributed by atoms with Gasteiger partial charge in [-0.25, -0.2) is 0 Å².